The molecule has 1 amide bonds. The molecule has 1 aromatic heterocycles. The number of benzene rings is 4. The summed E-state index contributed by atoms with van der Waals surface area (Å²) in [5.74, 6) is -2.33. The number of nitrogens with zero attached hydrogens (tertiary/aromatic N) is 7. The molecule has 0 atom stereocenters. The second-order valence-electron chi connectivity index (χ2n) is 9.80. The molecule has 1 heterocycles. The molecule has 53 heavy (non-hydrogen) atoms. The molecule has 0 saturated carbocycles. The number of ether oxygens (including phenoxy) is 1. The summed E-state index contributed by atoms with van der Waals surface area (Å²) in [6.07, 6.45) is 1.39. The molecule has 0 unspecified atom stereocenters. The number of carbonyl (C=O) groups excluding carboxylic acids is 1. The molecular weight excluding hydrogens is 767 g/mol. The number of H-pyrrole nitrogens is 1. The van der Waals surface area contributed by atoms with Gasteiger partial charge in [0.25, 0.3) is 16.0 Å². The normalized spacial score (nSPS) is 11.7. The van der Waals surface area contributed by atoms with E-state index in [4.69, 9.17) is 10.00 Å². The molecule has 19 nitrogen and oxygen atoms in total. The number of aromatic amines is 1. The van der Waals surface area contributed by atoms with Gasteiger partial charge >= 0.3 is 88.7 Å². The quantitative estimate of drug-likeness (QED) is 0.0545. The van der Waals surface area contributed by atoms with Crippen LogP contribution in [0.25, 0.3) is 10.8 Å². The zero-order chi connectivity index (χ0) is 36.2. The van der Waals surface area contributed by atoms with Crippen molar-refractivity contribution in [1.29, 1.82) is 5.26 Å². The first-order valence-electron chi connectivity index (χ1n) is 13.5. The Morgan fingerprint density at radius 2 is 1.49 bits per heavy atom. The molecule has 0 saturated heterocycles. The van der Waals surface area contributed by atoms with Crippen LogP contribution in [0.4, 0.5) is 28.4 Å². The molecule has 254 valence electrons. The van der Waals surface area contributed by atoms with Crippen molar-refractivity contribution in [1.82, 2.24) is 9.97 Å². The summed E-state index contributed by atoms with van der Waals surface area (Å²) in [5.41, 5.74) is -0.0796. The number of amides is 1. The van der Waals surface area contributed by atoms with Crippen molar-refractivity contribution in [2.75, 3.05) is 12.4 Å². The van der Waals surface area contributed by atoms with E-state index in [2.05, 4.69) is 40.7 Å². The Hall–Kier alpha value is -3.60. The zero-order valence-electron chi connectivity index (χ0n) is 28.0. The third-order valence-electron chi connectivity index (χ3n) is 6.56. The van der Waals surface area contributed by atoms with Crippen LogP contribution < -0.4 is 115 Å². The monoisotopic (exact) mass is 785 g/mol. The van der Waals surface area contributed by atoms with E-state index in [0.717, 1.165) is 6.07 Å². The zero-order valence-corrected chi connectivity index (χ0v) is 35.6. The van der Waals surface area contributed by atoms with Crippen molar-refractivity contribution in [3.8, 4) is 23.7 Å². The Kier molecular flexibility index (Phi) is 16.4. The second-order valence-corrected chi connectivity index (χ2v) is 12.6. The van der Waals surface area contributed by atoms with Crippen LogP contribution in [0, 0.1) is 11.5 Å². The molecule has 0 aliphatic rings. The van der Waals surface area contributed by atoms with Crippen LogP contribution in [-0.4, -0.2) is 48.9 Å². The summed E-state index contributed by atoms with van der Waals surface area (Å²) < 4.78 is 73.3. The van der Waals surface area contributed by atoms with Crippen LogP contribution >= 0.6 is 0 Å². The first kappa shape index (κ1) is 45.6. The third-order valence-corrected chi connectivity index (χ3v) is 8.26. The van der Waals surface area contributed by atoms with Crippen LogP contribution in [-0.2, 0) is 20.2 Å². The van der Waals surface area contributed by atoms with Crippen LogP contribution in [0.5, 0.6) is 17.5 Å². The van der Waals surface area contributed by atoms with E-state index in [9.17, 15) is 40.9 Å². The minimum absolute atomic E-state index is 0. The SMILES string of the molecule is COc1cc(N=Nc2ccc3cc(S(=O)(=O)[O-])cc(S(=O)(=O)O)c3c2)ccc1NC(=O)c1ccc(N=Nc2c([O-])nc(=NC#N)[nH]c2[O-])cc1.[Na+].[Na+].[Na+]. The van der Waals surface area contributed by atoms with Gasteiger partial charge in [-0.3, -0.25) is 9.35 Å². The molecule has 0 aliphatic heterocycles. The Morgan fingerprint density at radius 3 is 2.08 bits per heavy atom. The number of hydrogen-bond donors (Lipinski definition) is 3. The van der Waals surface area contributed by atoms with E-state index < -0.39 is 59.0 Å². The van der Waals surface area contributed by atoms with E-state index in [0.29, 0.717) is 6.07 Å². The third kappa shape index (κ3) is 11.4. The molecule has 0 spiro atoms. The van der Waals surface area contributed by atoms with Crippen LogP contribution in [0.2, 0.25) is 0 Å². The number of nitrogens with one attached hydrogen (secondary N) is 2. The first-order valence-corrected chi connectivity index (χ1v) is 16.4. The van der Waals surface area contributed by atoms with Gasteiger partial charge < -0.3 is 29.8 Å². The Morgan fingerprint density at radius 1 is 0.887 bits per heavy atom. The number of anilines is 1. The molecular formula is C29H18N9Na3O10S2. The summed E-state index contributed by atoms with van der Waals surface area (Å²) in [6, 6.07) is 15.5. The van der Waals surface area contributed by atoms with E-state index >= 15 is 0 Å². The Balaban J connectivity index is 0.00000324. The summed E-state index contributed by atoms with van der Waals surface area (Å²) in [5, 5.41) is 50.7. The number of azo groups is 2. The number of carbonyl (C=O) groups is 1. The van der Waals surface area contributed by atoms with Crippen molar-refractivity contribution in [2.45, 2.75) is 9.79 Å². The van der Waals surface area contributed by atoms with Gasteiger partial charge in [-0.15, -0.1) is 10.1 Å². The Labute approximate surface area is 366 Å². The van der Waals surface area contributed by atoms with Crippen molar-refractivity contribution < 1.29 is 134 Å². The maximum atomic E-state index is 12.9. The molecule has 0 fully saturated rings. The number of methoxy groups -OCH3 is 1. The predicted molar refractivity (Wildman–Crippen MR) is 166 cm³/mol. The molecule has 5 aromatic rings. The average Bonchev–Trinajstić information content (AvgIpc) is 3.06. The molecule has 0 radical (unpaired) electrons. The van der Waals surface area contributed by atoms with Gasteiger partial charge in [0.15, 0.2) is 0 Å². The van der Waals surface area contributed by atoms with Gasteiger partial charge in [0, 0.05) is 22.9 Å². The number of fused-ring (bicyclic) bond motifs is 1. The van der Waals surface area contributed by atoms with Crippen LogP contribution in [0.1, 0.15) is 10.4 Å². The molecule has 5 rings (SSSR count). The summed E-state index contributed by atoms with van der Waals surface area (Å²) in [7, 11) is -8.61. The van der Waals surface area contributed by atoms with Crippen molar-refractivity contribution in [3.63, 3.8) is 0 Å². The van der Waals surface area contributed by atoms with E-state index in [1.54, 1.807) is 0 Å². The molecule has 0 aliphatic carbocycles. The topological polar surface area (TPSA) is 310 Å². The summed E-state index contributed by atoms with van der Waals surface area (Å²) >= 11 is 0. The molecule has 0 bridgehead atoms. The fraction of sp³-hybridized carbons (Fsp3) is 0.0345. The van der Waals surface area contributed by atoms with Gasteiger partial charge in [-0.25, -0.2) is 13.4 Å². The maximum Gasteiger partial charge on any atom is 1.00 e. The van der Waals surface area contributed by atoms with Gasteiger partial charge in [-0.05, 0) is 71.9 Å². The van der Waals surface area contributed by atoms with Gasteiger partial charge in [-0.1, -0.05) is 6.07 Å². The van der Waals surface area contributed by atoms with Gasteiger partial charge in [0.1, 0.15) is 26.5 Å². The van der Waals surface area contributed by atoms with Crippen molar-refractivity contribution in [2.24, 2.45) is 25.4 Å². The molecule has 24 heteroatoms. The maximum absolute atomic E-state index is 12.9. The van der Waals surface area contributed by atoms with Crippen LogP contribution in [0.3, 0.4) is 0 Å². The smallest absolute Gasteiger partial charge is 0.859 e. The minimum atomic E-state index is -5.03. The number of rotatable bonds is 9. The van der Waals surface area contributed by atoms with E-state index in [-0.39, 0.29) is 134 Å². The number of hydrogen-bond acceptors (Lipinski definition) is 16. The summed E-state index contributed by atoms with van der Waals surface area (Å²) in [6.45, 7) is 0. The standard InChI is InChI=1S/C29H21N9O10S2.3Na/c1-48-23-12-19(37-36-18-7-4-16-10-20(49(42,43)44)13-24(21(16)11-18)50(45,46)47)8-9-22(23)32-26(39)15-2-5-17(6-3-15)35-38-25-27(40)33-29(31-14-30)34-28(25)41;;;/h2-13H,1H3,(H,32,39)(H,42,43,44)(H,45,46,47)(H3,31,33,34,40,41);;;/q;3*+1/p-3. The second kappa shape index (κ2) is 19.1. The van der Waals surface area contributed by atoms with E-state index in [1.807, 2.05) is 0 Å². The predicted octanol–water partition coefficient (Wildman–Crippen LogP) is -5.65. The molecule has 4 aromatic carbocycles. The minimum Gasteiger partial charge on any atom is -0.859 e. The van der Waals surface area contributed by atoms with Gasteiger partial charge in [-0.2, -0.15) is 29.0 Å². The fourth-order valence-electron chi connectivity index (χ4n) is 4.27. The Bertz CT molecular complexity index is 2550. The van der Waals surface area contributed by atoms with Crippen molar-refractivity contribution >= 4 is 65.4 Å². The first-order chi connectivity index (χ1) is 23.7. The fourth-order valence-corrected chi connectivity index (χ4v) is 5.61. The number of nitriles is 1. The molecule has 3 N–H and O–H groups in total. The van der Waals surface area contributed by atoms with Gasteiger partial charge in [0.2, 0.25) is 11.8 Å². The van der Waals surface area contributed by atoms with Crippen LogP contribution in [0.15, 0.2) is 108 Å². The summed E-state index contributed by atoms with van der Waals surface area (Å²) in [4.78, 5) is 20.0. The van der Waals surface area contributed by atoms with E-state index in [1.165, 1.54) is 74.0 Å². The largest absolute Gasteiger partial charge is 1.00 e. The number of aromatic nitrogens is 2. The average molecular weight is 786 g/mol. The van der Waals surface area contributed by atoms with Gasteiger partial charge in [0.05, 0.1) is 34.8 Å². The van der Waals surface area contributed by atoms with Crippen molar-refractivity contribution in [3.05, 3.63) is 84.0 Å².